The number of hydrogen-bond acceptors (Lipinski definition) is 3. The molecule has 1 aliphatic heterocycles. The first-order chi connectivity index (χ1) is 12.6. The first-order valence-electron chi connectivity index (χ1n) is 8.39. The van der Waals surface area contributed by atoms with E-state index in [-0.39, 0.29) is 4.90 Å². The predicted octanol–water partition coefficient (Wildman–Crippen LogP) is 4.03. The summed E-state index contributed by atoms with van der Waals surface area (Å²) in [7, 11) is -3.74. The van der Waals surface area contributed by atoms with Crippen molar-refractivity contribution in [1.82, 2.24) is 4.98 Å². The highest BCUT2D eigenvalue weighted by Gasteiger charge is 2.30. The van der Waals surface area contributed by atoms with Crippen molar-refractivity contribution in [2.24, 2.45) is 0 Å². The molecular weight excluding hydrogens is 351 g/mol. The van der Waals surface area contributed by atoms with Gasteiger partial charge in [0.2, 0.25) is 0 Å². The predicted molar refractivity (Wildman–Crippen MR) is 98.9 cm³/mol. The number of halogens is 1. The number of hydrogen-bond donors (Lipinski definition) is 0. The van der Waals surface area contributed by atoms with Crippen LogP contribution in [0.4, 0.5) is 10.1 Å². The molecule has 4 nitrogen and oxygen atoms in total. The SMILES string of the molecule is O=S(=O)(c1ccc(F)cc1)N1CCCc2nc(-c3ccccc3)ccc21. The molecule has 1 aromatic heterocycles. The van der Waals surface area contributed by atoms with Crippen molar-refractivity contribution in [2.45, 2.75) is 17.7 Å². The van der Waals surface area contributed by atoms with Gasteiger partial charge in [-0.25, -0.2) is 12.8 Å². The van der Waals surface area contributed by atoms with Crippen LogP contribution in [0.1, 0.15) is 12.1 Å². The monoisotopic (exact) mass is 368 g/mol. The molecule has 132 valence electrons. The van der Waals surface area contributed by atoms with Gasteiger partial charge in [0.15, 0.2) is 0 Å². The summed E-state index contributed by atoms with van der Waals surface area (Å²) >= 11 is 0. The Morgan fingerprint density at radius 1 is 0.923 bits per heavy atom. The molecule has 0 spiro atoms. The normalized spacial score (nSPS) is 14.1. The molecule has 0 aliphatic carbocycles. The molecule has 1 aliphatic rings. The summed E-state index contributed by atoms with van der Waals surface area (Å²) in [6.07, 6.45) is 1.42. The van der Waals surface area contributed by atoms with Gasteiger partial charge in [0.25, 0.3) is 10.0 Å². The van der Waals surface area contributed by atoms with Gasteiger partial charge in [-0.3, -0.25) is 9.29 Å². The minimum Gasteiger partial charge on any atom is -0.264 e. The number of aromatic nitrogens is 1. The van der Waals surface area contributed by atoms with Crippen molar-refractivity contribution < 1.29 is 12.8 Å². The molecular formula is C20H17FN2O2S. The van der Waals surface area contributed by atoms with Crippen LogP contribution in [0.2, 0.25) is 0 Å². The molecule has 0 saturated carbocycles. The van der Waals surface area contributed by atoms with E-state index in [0.717, 1.165) is 35.5 Å². The molecule has 0 N–H and O–H groups in total. The number of benzene rings is 2. The Labute approximate surface area is 152 Å². The van der Waals surface area contributed by atoms with Gasteiger partial charge in [-0.2, -0.15) is 0 Å². The Hall–Kier alpha value is -2.73. The quantitative estimate of drug-likeness (QED) is 0.701. The standard InChI is InChI=1S/C20H17FN2O2S/c21-16-8-10-17(11-9-16)26(24,25)23-14-4-7-19-20(23)13-12-18(22-19)15-5-2-1-3-6-15/h1-3,5-6,8-13H,4,7,14H2. The van der Waals surface area contributed by atoms with Crippen LogP contribution >= 0.6 is 0 Å². The van der Waals surface area contributed by atoms with E-state index in [1.807, 2.05) is 42.5 Å². The molecule has 0 unspecified atom stereocenters. The zero-order chi connectivity index (χ0) is 18.1. The largest absolute Gasteiger partial charge is 0.264 e. The first-order valence-corrected chi connectivity index (χ1v) is 9.83. The van der Waals surface area contributed by atoms with Crippen LogP contribution in [0.25, 0.3) is 11.3 Å². The second-order valence-electron chi connectivity index (χ2n) is 6.16. The van der Waals surface area contributed by atoms with Crippen molar-refractivity contribution in [3.63, 3.8) is 0 Å². The fraction of sp³-hybridized carbons (Fsp3) is 0.150. The number of nitrogens with zero attached hydrogens (tertiary/aromatic N) is 2. The van der Waals surface area contributed by atoms with Gasteiger partial charge >= 0.3 is 0 Å². The Morgan fingerprint density at radius 3 is 2.38 bits per heavy atom. The average molecular weight is 368 g/mol. The third kappa shape index (κ3) is 2.97. The van der Waals surface area contributed by atoms with E-state index >= 15 is 0 Å². The Bertz CT molecular complexity index is 1040. The molecule has 0 amide bonds. The summed E-state index contributed by atoms with van der Waals surface area (Å²) in [6, 6.07) is 18.4. The smallest absolute Gasteiger partial charge is 0.264 e. The number of rotatable bonds is 3. The van der Waals surface area contributed by atoms with Gasteiger partial charge in [-0.1, -0.05) is 30.3 Å². The second kappa shape index (κ2) is 6.53. The van der Waals surface area contributed by atoms with E-state index in [9.17, 15) is 12.8 Å². The lowest BCUT2D eigenvalue weighted by Crippen LogP contribution is -2.35. The van der Waals surface area contributed by atoms with Gasteiger partial charge in [0.1, 0.15) is 5.82 Å². The zero-order valence-corrected chi connectivity index (χ0v) is 14.8. The van der Waals surface area contributed by atoms with Crippen LogP contribution in [-0.2, 0) is 16.4 Å². The van der Waals surface area contributed by atoms with Gasteiger partial charge in [0.05, 0.1) is 22.0 Å². The molecule has 4 rings (SSSR count). The van der Waals surface area contributed by atoms with Crippen molar-refractivity contribution in [1.29, 1.82) is 0 Å². The molecule has 0 saturated heterocycles. The molecule has 0 radical (unpaired) electrons. The van der Waals surface area contributed by atoms with Gasteiger partial charge in [0, 0.05) is 12.1 Å². The number of sulfonamides is 1. The maximum Gasteiger partial charge on any atom is 0.264 e. The number of fused-ring (bicyclic) bond motifs is 1. The van der Waals surface area contributed by atoms with Crippen LogP contribution in [0.5, 0.6) is 0 Å². The summed E-state index contributed by atoms with van der Waals surface area (Å²) < 4.78 is 40.5. The van der Waals surface area contributed by atoms with E-state index < -0.39 is 15.8 Å². The molecule has 2 heterocycles. The van der Waals surface area contributed by atoms with Crippen LogP contribution < -0.4 is 4.31 Å². The lowest BCUT2D eigenvalue weighted by Gasteiger charge is -2.30. The molecule has 0 bridgehead atoms. The van der Waals surface area contributed by atoms with Crippen molar-refractivity contribution in [2.75, 3.05) is 10.8 Å². The first kappa shape index (κ1) is 16.7. The number of pyridine rings is 1. The number of anilines is 1. The van der Waals surface area contributed by atoms with Gasteiger partial charge in [-0.05, 0) is 49.2 Å². The minimum absolute atomic E-state index is 0.0823. The van der Waals surface area contributed by atoms with E-state index in [2.05, 4.69) is 4.98 Å². The van der Waals surface area contributed by atoms with Crippen molar-refractivity contribution in [3.05, 3.63) is 78.2 Å². The Kier molecular flexibility index (Phi) is 4.20. The molecule has 3 aromatic rings. The van der Waals surface area contributed by atoms with Crippen LogP contribution in [0.15, 0.2) is 71.6 Å². The van der Waals surface area contributed by atoms with Crippen molar-refractivity contribution >= 4 is 15.7 Å². The summed E-state index contributed by atoms with van der Waals surface area (Å²) in [5.74, 6) is -0.461. The van der Waals surface area contributed by atoms with E-state index in [4.69, 9.17) is 0 Å². The zero-order valence-electron chi connectivity index (χ0n) is 14.0. The highest BCUT2D eigenvalue weighted by molar-refractivity contribution is 7.92. The molecule has 0 fully saturated rings. The maximum absolute atomic E-state index is 13.1. The maximum atomic E-state index is 13.1. The third-order valence-electron chi connectivity index (χ3n) is 4.46. The molecule has 26 heavy (non-hydrogen) atoms. The van der Waals surface area contributed by atoms with Crippen LogP contribution in [0.3, 0.4) is 0 Å². The van der Waals surface area contributed by atoms with E-state index in [0.29, 0.717) is 18.7 Å². The third-order valence-corrected chi connectivity index (χ3v) is 6.29. The van der Waals surface area contributed by atoms with Gasteiger partial charge < -0.3 is 0 Å². The highest BCUT2D eigenvalue weighted by atomic mass is 32.2. The van der Waals surface area contributed by atoms with Crippen LogP contribution in [0, 0.1) is 5.82 Å². The Morgan fingerprint density at radius 2 is 1.65 bits per heavy atom. The molecule has 0 atom stereocenters. The van der Waals surface area contributed by atoms with Gasteiger partial charge in [-0.15, -0.1) is 0 Å². The summed E-state index contributed by atoms with van der Waals surface area (Å²) in [5.41, 5.74) is 3.18. The second-order valence-corrected chi connectivity index (χ2v) is 8.03. The van der Waals surface area contributed by atoms with E-state index in [1.165, 1.54) is 16.4 Å². The lowest BCUT2D eigenvalue weighted by atomic mass is 10.1. The van der Waals surface area contributed by atoms with Crippen LogP contribution in [-0.4, -0.2) is 19.9 Å². The summed E-state index contributed by atoms with van der Waals surface area (Å²) in [6.45, 7) is 0.388. The topological polar surface area (TPSA) is 50.3 Å². The van der Waals surface area contributed by atoms with Crippen molar-refractivity contribution in [3.8, 4) is 11.3 Å². The van der Waals surface area contributed by atoms with E-state index in [1.54, 1.807) is 0 Å². The molecule has 6 heteroatoms. The summed E-state index contributed by atoms with van der Waals surface area (Å²) in [4.78, 5) is 4.77. The Balaban J connectivity index is 1.75. The average Bonchev–Trinajstić information content (AvgIpc) is 2.68. The summed E-state index contributed by atoms with van der Waals surface area (Å²) in [5, 5.41) is 0. The lowest BCUT2D eigenvalue weighted by molar-refractivity contribution is 0.584. The fourth-order valence-electron chi connectivity index (χ4n) is 3.17. The fourth-order valence-corrected chi connectivity index (χ4v) is 4.70. The number of aryl methyl sites for hydroxylation is 1. The molecule has 2 aromatic carbocycles. The highest BCUT2D eigenvalue weighted by Crippen LogP contribution is 2.32. The minimum atomic E-state index is -3.74.